The molecule has 0 aromatic rings. The van der Waals surface area contributed by atoms with E-state index in [9.17, 15) is 0 Å². The van der Waals surface area contributed by atoms with Crippen molar-refractivity contribution in [1.82, 2.24) is 9.80 Å². The minimum Gasteiger partial charge on any atom is -0.305 e. The highest BCUT2D eigenvalue weighted by Gasteiger charge is 2.27. The number of hydrogen-bond acceptors (Lipinski definition) is 2. The van der Waals surface area contributed by atoms with Crippen molar-refractivity contribution >= 4 is 0 Å². The van der Waals surface area contributed by atoms with Gasteiger partial charge in [-0.1, -0.05) is 13.8 Å². The summed E-state index contributed by atoms with van der Waals surface area (Å²) in [4.78, 5) is 5.15. The zero-order chi connectivity index (χ0) is 10.7. The molecular formula is C12H26N2. The summed E-state index contributed by atoms with van der Waals surface area (Å²) >= 11 is 0. The van der Waals surface area contributed by atoms with E-state index in [2.05, 4.69) is 44.5 Å². The molecule has 2 nitrogen and oxygen atoms in total. The first-order valence-corrected chi connectivity index (χ1v) is 5.96. The predicted octanol–water partition coefficient (Wildman–Crippen LogP) is 2.06. The van der Waals surface area contributed by atoms with Crippen LogP contribution in [0.25, 0.3) is 0 Å². The van der Waals surface area contributed by atoms with Gasteiger partial charge in [0.1, 0.15) is 0 Å². The quantitative estimate of drug-likeness (QED) is 0.670. The number of hydrogen-bond donors (Lipinski definition) is 0. The van der Waals surface area contributed by atoms with Crippen molar-refractivity contribution in [3.63, 3.8) is 0 Å². The molecule has 1 aliphatic heterocycles. The second-order valence-electron chi connectivity index (χ2n) is 5.26. The van der Waals surface area contributed by atoms with Gasteiger partial charge in [-0.05, 0) is 46.3 Å². The Morgan fingerprint density at radius 1 is 1.07 bits per heavy atom. The summed E-state index contributed by atoms with van der Waals surface area (Å²) in [6.07, 6.45) is 1.32. The first-order chi connectivity index (χ1) is 6.52. The molecule has 14 heavy (non-hydrogen) atoms. The largest absolute Gasteiger partial charge is 0.305 e. The van der Waals surface area contributed by atoms with Crippen LogP contribution in [0.2, 0.25) is 0 Å². The maximum absolute atomic E-state index is 2.67. The summed E-state index contributed by atoms with van der Waals surface area (Å²) in [5.74, 6) is 0.762. The molecule has 1 saturated heterocycles. The Morgan fingerprint density at radius 3 is 2.21 bits per heavy atom. The third-order valence-corrected chi connectivity index (χ3v) is 3.31. The third kappa shape index (κ3) is 2.96. The molecule has 1 aliphatic rings. The van der Waals surface area contributed by atoms with Gasteiger partial charge in [-0.2, -0.15) is 0 Å². The number of likely N-dealkylation sites (N-methyl/N-ethyl adjacent to an activating group) is 1. The van der Waals surface area contributed by atoms with Crippen LogP contribution in [0.1, 0.15) is 34.1 Å². The van der Waals surface area contributed by atoms with Crippen molar-refractivity contribution < 1.29 is 0 Å². The van der Waals surface area contributed by atoms with Gasteiger partial charge in [0.2, 0.25) is 0 Å². The number of rotatable bonds is 2. The molecule has 0 spiro atoms. The second kappa shape index (κ2) is 5.13. The van der Waals surface area contributed by atoms with Gasteiger partial charge in [0.15, 0.2) is 0 Å². The average molecular weight is 198 g/mol. The van der Waals surface area contributed by atoms with E-state index < -0.39 is 0 Å². The van der Waals surface area contributed by atoms with Crippen LogP contribution in [-0.2, 0) is 0 Å². The molecule has 1 rings (SSSR count). The fraction of sp³-hybridized carbons (Fsp3) is 1.00. The van der Waals surface area contributed by atoms with Crippen LogP contribution in [0.4, 0.5) is 0 Å². The summed E-state index contributed by atoms with van der Waals surface area (Å²) in [6, 6.07) is 1.43. The molecule has 84 valence electrons. The van der Waals surface area contributed by atoms with E-state index >= 15 is 0 Å². The van der Waals surface area contributed by atoms with E-state index in [4.69, 9.17) is 0 Å². The molecular weight excluding hydrogens is 172 g/mol. The SMILES string of the molecule is CC(C)[C@@H]1CN(C)CCCN1C(C)C. The van der Waals surface area contributed by atoms with Gasteiger partial charge in [-0.25, -0.2) is 0 Å². The average Bonchev–Trinajstić information content (AvgIpc) is 2.26. The van der Waals surface area contributed by atoms with Crippen molar-refractivity contribution in [2.75, 3.05) is 26.7 Å². The molecule has 1 atom stereocenters. The van der Waals surface area contributed by atoms with Crippen molar-refractivity contribution in [3.05, 3.63) is 0 Å². The van der Waals surface area contributed by atoms with Gasteiger partial charge in [-0.3, -0.25) is 4.90 Å². The Labute approximate surface area is 89.3 Å². The molecule has 1 fully saturated rings. The Balaban J connectivity index is 2.69. The van der Waals surface area contributed by atoms with Gasteiger partial charge in [0, 0.05) is 18.6 Å². The molecule has 0 aliphatic carbocycles. The van der Waals surface area contributed by atoms with E-state index in [1.807, 2.05) is 0 Å². The molecule has 2 heteroatoms. The summed E-state index contributed by atoms with van der Waals surface area (Å²) in [5.41, 5.74) is 0. The molecule has 0 unspecified atom stereocenters. The standard InChI is InChI=1S/C12H26N2/c1-10(2)12-9-13(5)7-6-8-14(12)11(3)4/h10-12H,6-9H2,1-5H3/t12-/m0/s1. The first kappa shape index (κ1) is 12.0. The Bertz CT molecular complexity index is 166. The fourth-order valence-electron chi connectivity index (χ4n) is 2.44. The summed E-state index contributed by atoms with van der Waals surface area (Å²) < 4.78 is 0. The van der Waals surface area contributed by atoms with Crippen LogP contribution in [-0.4, -0.2) is 48.6 Å². The molecule has 0 radical (unpaired) electrons. The minimum atomic E-state index is 0.689. The van der Waals surface area contributed by atoms with E-state index in [1.54, 1.807) is 0 Å². The lowest BCUT2D eigenvalue weighted by atomic mass is 10.0. The lowest BCUT2D eigenvalue weighted by Crippen LogP contribution is -2.46. The van der Waals surface area contributed by atoms with Crippen molar-refractivity contribution in [2.45, 2.75) is 46.2 Å². The first-order valence-electron chi connectivity index (χ1n) is 5.96. The molecule has 0 amide bonds. The lowest BCUT2D eigenvalue weighted by molar-refractivity contribution is 0.115. The highest BCUT2D eigenvalue weighted by atomic mass is 15.2. The zero-order valence-corrected chi connectivity index (χ0v) is 10.5. The molecule has 1 heterocycles. The Morgan fingerprint density at radius 2 is 1.71 bits per heavy atom. The molecule has 0 N–H and O–H groups in total. The Kier molecular flexibility index (Phi) is 4.39. The van der Waals surface area contributed by atoms with Crippen LogP contribution in [0, 0.1) is 5.92 Å². The highest BCUT2D eigenvalue weighted by molar-refractivity contribution is 4.82. The van der Waals surface area contributed by atoms with Crippen molar-refractivity contribution in [1.29, 1.82) is 0 Å². The molecule has 0 saturated carbocycles. The summed E-state index contributed by atoms with van der Waals surface area (Å²) in [6.45, 7) is 13.1. The highest BCUT2D eigenvalue weighted by Crippen LogP contribution is 2.18. The molecule has 0 bridgehead atoms. The molecule has 0 aromatic carbocycles. The van der Waals surface area contributed by atoms with Crippen molar-refractivity contribution in [2.24, 2.45) is 5.92 Å². The molecule has 0 aromatic heterocycles. The van der Waals surface area contributed by atoms with Gasteiger partial charge < -0.3 is 4.90 Å². The van der Waals surface area contributed by atoms with Gasteiger partial charge in [0.25, 0.3) is 0 Å². The van der Waals surface area contributed by atoms with Gasteiger partial charge in [0.05, 0.1) is 0 Å². The van der Waals surface area contributed by atoms with Crippen LogP contribution >= 0.6 is 0 Å². The van der Waals surface area contributed by atoms with E-state index in [-0.39, 0.29) is 0 Å². The van der Waals surface area contributed by atoms with E-state index in [1.165, 1.54) is 26.1 Å². The maximum atomic E-state index is 2.67. The van der Waals surface area contributed by atoms with Gasteiger partial charge in [-0.15, -0.1) is 0 Å². The van der Waals surface area contributed by atoms with Crippen LogP contribution < -0.4 is 0 Å². The van der Waals surface area contributed by atoms with Crippen LogP contribution in [0.5, 0.6) is 0 Å². The summed E-state index contributed by atoms with van der Waals surface area (Å²) in [5, 5.41) is 0. The fourth-order valence-corrected chi connectivity index (χ4v) is 2.44. The van der Waals surface area contributed by atoms with E-state index in [0.29, 0.717) is 6.04 Å². The number of nitrogens with zero attached hydrogens (tertiary/aromatic N) is 2. The predicted molar refractivity (Wildman–Crippen MR) is 62.6 cm³/mol. The minimum absolute atomic E-state index is 0.689. The topological polar surface area (TPSA) is 6.48 Å². The van der Waals surface area contributed by atoms with Crippen LogP contribution in [0.3, 0.4) is 0 Å². The summed E-state index contributed by atoms with van der Waals surface area (Å²) in [7, 11) is 2.25. The lowest BCUT2D eigenvalue weighted by Gasteiger charge is -2.36. The zero-order valence-electron chi connectivity index (χ0n) is 10.5. The Hall–Kier alpha value is -0.0800. The van der Waals surface area contributed by atoms with Crippen molar-refractivity contribution in [3.8, 4) is 0 Å². The smallest absolute Gasteiger partial charge is 0.0248 e. The van der Waals surface area contributed by atoms with E-state index in [0.717, 1.165) is 12.0 Å². The normalized spacial score (nSPS) is 27.2. The second-order valence-corrected chi connectivity index (χ2v) is 5.26. The van der Waals surface area contributed by atoms with Crippen LogP contribution in [0.15, 0.2) is 0 Å². The monoisotopic (exact) mass is 198 g/mol. The third-order valence-electron chi connectivity index (χ3n) is 3.31. The maximum Gasteiger partial charge on any atom is 0.0248 e. The van der Waals surface area contributed by atoms with Gasteiger partial charge >= 0.3 is 0 Å².